The predicted octanol–water partition coefficient (Wildman–Crippen LogP) is 1.67. The Morgan fingerprint density at radius 1 is 1.14 bits per heavy atom. The van der Waals surface area contributed by atoms with Crippen molar-refractivity contribution in [3.63, 3.8) is 0 Å². The van der Waals surface area contributed by atoms with Crippen LogP contribution in [0.1, 0.15) is 12.0 Å². The Hall–Kier alpha value is -2.11. The average Bonchev–Trinajstić information content (AvgIpc) is 2.53. The summed E-state index contributed by atoms with van der Waals surface area (Å²) >= 11 is 0. The van der Waals surface area contributed by atoms with Crippen LogP contribution in [0.5, 0.6) is 0 Å². The number of ether oxygens (including phenoxy) is 1. The van der Waals surface area contributed by atoms with Crippen molar-refractivity contribution < 1.29 is 18.7 Å². The highest BCUT2D eigenvalue weighted by atomic mass is 19.1. The molecule has 1 fully saturated rings. The zero-order valence-corrected chi connectivity index (χ0v) is 12.0. The molecule has 0 unspecified atom stereocenters. The van der Waals surface area contributed by atoms with E-state index in [0.717, 1.165) is 0 Å². The lowest BCUT2D eigenvalue weighted by Gasteiger charge is -2.33. The highest BCUT2D eigenvalue weighted by Crippen LogP contribution is 2.11. The quantitative estimate of drug-likeness (QED) is 0.852. The number of aryl methyl sites for hydroxylation is 1. The van der Waals surface area contributed by atoms with Crippen LogP contribution >= 0.6 is 0 Å². The molecule has 1 heterocycles. The van der Waals surface area contributed by atoms with Gasteiger partial charge in [-0.3, -0.25) is 4.79 Å². The summed E-state index contributed by atoms with van der Waals surface area (Å²) in [5, 5.41) is 0. The number of amides is 2. The van der Waals surface area contributed by atoms with Gasteiger partial charge in [-0.1, -0.05) is 18.2 Å². The largest absolute Gasteiger partial charge is 0.453 e. The van der Waals surface area contributed by atoms with Crippen molar-refractivity contribution in [2.45, 2.75) is 12.8 Å². The molecule has 0 aromatic heterocycles. The second-order valence-corrected chi connectivity index (χ2v) is 4.93. The highest BCUT2D eigenvalue weighted by molar-refractivity contribution is 5.77. The van der Waals surface area contributed by atoms with Gasteiger partial charge < -0.3 is 14.5 Å². The van der Waals surface area contributed by atoms with Crippen molar-refractivity contribution in [3.8, 4) is 0 Å². The van der Waals surface area contributed by atoms with Crippen LogP contribution in [0.4, 0.5) is 9.18 Å². The fourth-order valence-corrected chi connectivity index (χ4v) is 2.37. The van der Waals surface area contributed by atoms with Crippen LogP contribution in [0, 0.1) is 5.82 Å². The Kier molecular flexibility index (Phi) is 5.14. The molecule has 2 rings (SSSR count). The van der Waals surface area contributed by atoms with Gasteiger partial charge in [0.25, 0.3) is 0 Å². The molecule has 2 amide bonds. The van der Waals surface area contributed by atoms with E-state index >= 15 is 0 Å². The minimum atomic E-state index is -0.367. The van der Waals surface area contributed by atoms with Gasteiger partial charge >= 0.3 is 6.09 Å². The first-order valence-corrected chi connectivity index (χ1v) is 6.96. The number of piperazine rings is 1. The molecule has 21 heavy (non-hydrogen) atoms. The lowest BCUT2D eigenvalue weighted by molar-refractivity contribution is -0.132. The Balaban J connectivity index is 1.80. The molecule has 114 valence electrons. The molecule has 1 aliphatic heterocycles. The third kappa shape index (κ3) is 3.93. The second-order valence-electron chi connectivity index (χ2n) is 4.93. The van der Waals surface area contributed by atoms with Gasteiger partial charge in [0.05, 0.1) is 7.11 Å². The number of benzene rings is 1. The van der Waals surface area contributed by atoms with E-state index in [1.165, 1.54) is 13.2 Å². The minimum absolute atomic E-state index is 0.0113. The summed E-state index contributed by atoms with van der Waals surface area (Å²) in [6.45, 7) is 1.92. The van der Waals surface area contributed by atoms with Gasteiger partial charge in [0, 0.05) is 32.6 Å². The maximum Gasteiger partial charge on any atom is 0.409 e. The Bertz CT molecular complexity index is 513. The molecule has 1 saturated heterocycles. The van der Waals surface area contributed by atoms with Crippen LogP contribution in [0.3, 0.4) is 0 Å². The first kappa shape index (κ1) is 15.3. The Labute approximate surface area is 123 Å². The zero-order valence-electron chi connectivity index (χ0n) is 12.0. The smallest absolute Gasteiger partial charge is 0.409 e. The van der Waals surface area contributed by atoms with Crippen LogP contribution in [-0.2, 0) is 16.0 Å². The third-order valence-electron chi connectivity index (χ3n) is 3.63. The van der Waals surface area contributed by atoms with Gasteiger partial charge in [-0.05, 0) is 18.1 Å². The number of halogens is 1. The minimum Gasteiger partial charge on any atom is -0.453 e. The molecule has 0 radical (unpaired) electrons. The van der Waals surface area contributed by atoms with Crippen LogP contribution in [-0.4, -0.2) is 55.1 Å². The van der Waals surface area contributed by atoms with E-state index in [-0.39, 0.29) is 24.2 Å². The highest BCUT2D eigenvalue weighted by Gasteiger charge is 2.24. The van der Waals surface area contributed by atoms with Crippen molar-refractivity contribution in [2.24, 2.45) is 0 Å². The SMILES string of the molecule is COC(=O)N1CCN(C(=O)CCc2ccccc2F)CC1. The van der Waals surface area contributed by atoms with Crippen molar-refractivity contribution in [2.75, 3.05) is 33.3 Å². The lowest BCUT2D eigenvalue weighted by atomic mass is 10.1. The molecule has 0 spiro atoms. The number of carbonyl (C=O) groups excluding carboxylic acids is 2. The Morgan fingerprint density at radius 3 is 2.38 bits per heavy atom. The van der Waals surface area contributed by atoms with E-state index in [1.54, 1.807) is 28.0 Å². The van der Waals surface area contributed by atoms with E-state index in [9.17, 15) is 14.0 Å². The lowest BCUT2D eigenvalue weighted by Crippen LogP contribution is -2.50. The molecule has 1 aromatic carbocycles. The number of methoxy groups -OCH3 is 1. The van der Waals surface area contributed by atoms with E-state index < -0.39 is 0 Å². The first-order valence-electron chi connectivity index (χ1n) is 6.96. The van der Waals surface area contributed by atoms with Gasteiger partial charge in [-0.15, -0.1) is 0 Å². The van der Waals surface area contributed by atoms with Gasteiger partial charge in [0.2, 0.25) is 5.91 Å². The van der Waals surface area contributed by atoms with Crippen molar-refractivity contribution >= 4 is 12.0 Å². The molecule has 1 aliphatic rings. The Morgan fingerprint density at radius 2 is 1.76 bits per heavy atom. The molecule has 5 nitrogen and oxygen atoms in total. The summed E-state index contributed by atoms with van der Waals surface area (Å²) in [5.41, 5.74) is 0.555. The van der Waals surface area contributed by atoms with Crippen LogP contribution in [0.15, 0.2) is 24.3 Å². The van der Waals surface area contributed by atoms with E-state index in [4.69, 9.17) is 0 Å². The summed E-state index contributed by atoms with van der Waals surface area (Å²) in [6, 6.07) is 6.48. The summed E-state index contributed by atoms with van der Waals surface area (Å²) in [6.07, 6.45) is 0.301. The molecule has 0 bridgehead atoms. The summed E-state index contributed by atoms with van der Waals surface area (Å²) in [5.74, 6) is -0.288. The molecular weight excluding hydrogens is 275 g/mol. The molecule has 6 heteroatoms. The number of hydrogen-bond donors (Lipinski definition) is 0. The topological polar surface area (TPSA) is 49.9 Å². The predicted molar refractivity (Wildman–Crippen MR) is 75.3 cm³/mol. The number of rotatable bonds is 3. The first-order chi connectivity index (χ1) is 10.1. The van der Waals surface area contributed by atoms with Crippen molar-refractivity contribution in [1.29, 1.82) is 0 Å². The third-order valence-corrected chi connectivity index (χ3v) is 3.63. The molecule has 1 aromatic rings. The number of carbonyl (C=O) groups is 2. The second kappa shape index (κ2) is 7.06. The van der Waals surface area contributed by atoms with Crippen LogP contribution in [0.2, 0.25) is 0 Å². The van der Waals surface area contributed by atoms with Crippen molar-refractivity contribution in [3.05, 3.63) is 35.6 Å². The normalized spacial score (nSPS) is 15.0. The maximum atomic E-state index is 13.5. The van der Waals surface area contributed by atoms with Crippen LogP contribution in [0.25, 0.3) is 0 Å². The molecule has 0 aliphatic carbocycles. The fourth-order valence-electron chi connectivity index (χ4n) is 2.37. The molecule has 0 atom stereocenters. The van der Waals surface area contributed by atoms with Gasteiger partial charge in [0.1, 0.15) is 5.82 Å². The molecular formula is C15H19FN2O3. The zero-order chi connectivity index (χ0) is 15.2. The monoisotopic (exact) mass is 294 g/mol. The van der Waals surface area contributed by atoms with E-state index in [0.29, 0.717) is 38.2 Å². The number of nitrogens with zero attached hydrogens (tertiary/aromatic N) is 2. The summed E-state index contributed by atoms with van der Waals surface area (Å²) in [4.78, 5) is 26.7. The van der Waals surface area contributed by atoms with Gasteiger partial charge in [-0.2, -0.15) is 0 Å². The standard InChI is InChI=1S/C15H19FN2O3/c1-21-15(20)18-10-8-17(9-11-18)14(19)7-6-12-4-2-3-5-13(12)16/h2-5H,6-11H2,1H3. The van der Waals surface area contributed by atoms with Crippen molar-refractivity contribution in [1.82, 2.24) is 9.80 Å². The molecule has 0 N–H and O–H groups in total. The van der Waals surface area contributed by atoms with Gasteiger partial charge in [0.15, 0.2) is 0 Å². The van der Waals surface area contributed by atoms with Crippen LogP contribution < -0.4 is 0 Å². The number of hydrogen-bond acceptors (Lipinski definition) is 3. The van der Waals surface area contributed by atoms with E-state index in [1.807, 2.05) is 0 Å². The maximum absolute atomic E-state index is 13.5. The average molecular weight is 294 g/mol. The fraction of sp³-hybridized carbons (Fsp3) is 0.467. The molecule has 0 saturated carbocycles. The van der Waals surface area contributed by atoms with Gasteiger partial charge in [-0.25, -0.2) is 9.18 Å². The van der Waals surface area contributed by atoms with E-state index in [2.05, 4.69) is 4.74 Å². The summed E-state index contributed by atoms with van der Waals surface area (Å²) in [7, 11) is 1.34. The summed E-state index contributed by atoms with van der Waals surface area (Å²) < 4.78 is 18.1.